The van der Waals surface area contributed by atoms with E-state index in [1.54, 1.807) is 23.0 Å². The Morgan fingerprint density at radius 1 is 0.844 bits per heavy atom. The van der Waals surface area contributed by atoms with Gasteiger partial charge in [-0.15, -0.1) is 0 Å². The molecule has 0 N–H and O–H groups in total. The molecule has 4 aromatic rings. The van der Waals surface area contributed by atoms with Crippen LogP contribution in [-0.4, -0.2) is 33.4 Å². The monoisotopic (exact) mass is 422 g/mol. The zero-order chi connectivity index (χ0) is 21.9. The topological polar surface area (TPSA) is 68.1 Å². The van der Waals surface area contributed by atoms with Crippen molar-refractivity contribution in [1.82, 2.24) is 14.5 Å². The molecule has 5 rings (SSSR count). The number of hydrogen-bond donors (Lipinski definition) is 0. The number of carbonyl (C=O) groups excluding carboxylic acids is 1. The van der Waals surface area contributed by atoms with Crippen molar-refractivity contribution in [2.45, 2.75) is 13.0 Å². The number of carbonyl (C=O) groups is 1. The van der Waals surface area contributed by atoms with Gasteiger partial charge in [-0.1, -0.05) is 54.6 Å². The Kier molecular flexibility index (Phi) is 5.34. The first-order chi connectivity index (χ1) is 15.7. The summed E-state index contributed by atoms with van der Waals surface area (Å²) < 4.78 is 1.65. The van der Waals surface area contributed by atoms with Crippen LogP contribution in [0.15, 0.2) is 90.0 Å². The quantitative estimate of drug-likeness (QED) is 0.454. The van der Waals surface area contributed by atoms with E-state index in [0.717, 1.165) is 23.1 Å². The van der Waals surface area contributed by atoms with Crippen LogP contribution in [0.1, 0.15) is 16.8 Å². The van der Waals surface area contributed by atoms with E-state index in [4.69, 9.17) is 4.98 Å². The number of hydrogen-bond acceptors (Lipinski definition) is 5. The maximum Gasteiger partial charge on any atom is 0.255 e. The van der Waals surface area contributed by atoms with Crippen LogP contribution in [-0.2, 0) is 6.54 Å². The summed E-state index contributed by atoms with van der Waals surface area (Å²) in [6.45, 7) is 1.46. The van der Waals surface area contributed by atoms with Crippen molar-refractivity contribution in [2.24, 2.45) is 0 Å². The number of Topliss-reactive ketones (excluding diaryl/α,β-unsaturated/α-hetero) is 1. The van der Waals surface area contributed by atoms with Gasteiger partial charge in [-0.3, -0.25) is 19.1 Å². The fraction of sp³-hybridized carbons (Fsp3) is 0.154. The van der Waals surface area contributed by atoms with Crippen molar-refractivity contribution >= 4 is 11.7 Å². The fourth-order valence-corrected chi connectivity index (χ4v) is 4.03. The van der Waals surface area contributed by atoms with E-state index in [0.29, 0.717) is 30.3 Å². The Bertz CT molecular complexity index is 1300. The number of ketones is 1. The van der Waals surface area contributed by atoms with Crippen LogP contribution in [0.4, 0.5) is 5.95 Å². The molecule has 0 amide bonds. The first-order valence-corrected chi connectivity index (χ1v) is 10.6. The van der Waals surface area contributed by atoms with E-state index in [-0.39, 0.29) is 17.9 Å². The van der Waals surface area contributed by atoms with E-state index >= 15 is 0 Å². The second kappa shape index (κ2) is 8.59. The number of aromatic nitrogens is 3. The van der Waals surface area contributed by atoms with Gasteiger partial charge in [-0.05, 0) is 29.7 Å². The largest absolute Gasteiger partial charge is 0.334 e. The third-order valence-corrected chi connectivity index (χ3v) is 5.71. The Hall–Kier alpha value is -4.06. The molecule has 0 radical (unpaired) electrons. The lowest BCUT2D eigenvalue weighted by molar-refractivity contribution is 0.0997. The summed E-state index contributed by atoms with van der Waals surface area (Å²) in [7, 11) is 0. The minimum Gasteiger partial charge on any atom is -0.334 e. The van der Waals surface area contributed by atoms with Crippen molar-refractivity contribution in [2.75, 3.05) is 18.0 Å². The summed E-state index contributed by atoms with van der Waals surface area (Å²) in [4.78, 5) is 36.4. The summed E-state index contributed by atoms with van der Waals surface area (Å²) in [6, 6.07) is 22.9. The molecule has 0 spiro atoms. The van der Waals surface area contributed by atoms with E-state index < -0.39 is 0 Å². The zero-order valence-corrected chi connectivity index (χ0v) is 17.5. The standard InChI is InChI=1S/C26H22N4O2/c31-24(22-9-7-20(8-10-22)19-5-2-1-3-6-19)18-29-15-4-16-30-25(32)17-23(28-26(29)30)21-11-13-27-14-12-21/h1-3,5-14,17H,4,15-16,18H2. The lowest BCUT2D eigenvalue weighted by atomic mass is 10.0. The molecule has 0 fully saturated rings. The van der Waals surface area contributed by atoms with Crippen LogP contribution in [0.5, 0.6) is 0 Å². The number of nitrogens with zero attached hydrogens (tertiary/aromatic N) is 4. The molecule has 0 unspecified atom stereocenters. The molecule has 3 heterocycles. The highest BCUT2D eigenvalue weighted by atomic mass is 16.1. The van der Waals surface area contributed by atoms with Crippen molar-refractivity contribution < 1.29 is 4.79 Å². The second-order valence-electron chi connectivity index (χ2n) is 7.81. The van der Waals surface area contributed by atoms with Crippen LogP contribution in [0.3, 0.4) is 0 Å². The summed E-state index contributed by atoms with van der Waals surface area (Å²) >= 11 is 0. The lowest BCUT2D eigenvalue weighted by Crippen LogP contribution is -2.41. The van der Waals surface area contributed by atoms with Gasteiger partial charge in [0.15, 0.2) is 5.78 Å². The minimum atomic E-state index is -0.105. The molecule has 6 heteroatoms. The molecule has 0 aliphatic carbocycles. The SMILES string of the molecule is O=C(CN1CCCn2c1nc(-c1ccncc1)cc2=O)c1ccc(-c2ccccc2)cc1. The van der Waals surface area contributed by atoms with Gasteiger partial charge in [0.2, 0.25) is 5.95 Å². The average Bonchev–Trinajstić information content (AvgIpc) is 2.85. The highest BCUT2D eigenvalue weighted by Gasteiger charge is 2.23. The molecule has 158 valence electrons. The zero-order valence-electron chi connectivity index (χ0n) is 17.5. The van der Waals surface area contributed by atoms with Crippen LogP contribution >= 0.6 is 0 Å². The summed E-state index contributed by atoms with van der Waals surface area (Å²) in [5.74, 6) is 0.548. The molecule has 0 saturated heterocycles. The van der Waals surface area contributed by atoms with Gasteiger partial charge >= 0.3 is 0 Å². The smallest absolute Gasteiger partial charge is 0.255 e. The van der Waals surface area contributed by atoms with Gasteiger partial charge < -0.3 is 4.90 Å². The van der Waals surface area contributed by atoms with Crippen LogP contribution in [0, 0.1) is 0 Å². The molecule has 1 aliphatic heterocycles. The third kappa shape index (κ3) is 3.95. The number of pyridine rings is 1. The van der Waals surface area contributed by atoms with Crippen LogP contribution in [0.25, 0.3) is 22.4 Å². The van der Waals surface area contributed by atoms with Gasteiger partial charge in [0.25, 0.3) is 5.56 Å². The number of rotatable bonds is 5. The predicted octanol–water partition coefficient (Wildman–Crippen LogP) is 4.07. The highest BCUT2D eigenvalue weighted by molar-refractivity contribution is 5.99. The van der Waals surface area contributed by atoms with Gasteiger partial charge in [-0.25, -0.2) is 4.98 Å². The Labute approximate surface area is 185 Å². The van der Waals surface area contributed by atoms with Gasteiger partial charge in [-0.2, -0.15) is 0 Å². The van der Waals surface area contributed by atoms with Crippen molar-refractivity contribution in [3.8, 4) is 22.4 Å². The summed E-state index contributed by atoms with van der Waals surface area (Å²) in [5.41, 5.74) is 4.15. The molecule has 6 nitrogen and oxygen atoms in total. The molecule has 1 aliphatic rings. The molecular formula is C26H22N4O2. The van der Waals surface area contributed by atoms with E-state index in [1.165, 1.54) is 0 Å². The summed E-state index contributed by atoms with van der Waals surface area (Å²) in [6.07, 6.45) is 4.15. The first-order valence-electron chi connectivity index (χ1n) is 10.6. The molecule has 2 aromatic carbocycles. The maximum absolute atomic E-state index is 13.0. The Balaban J connectivity index is 1.40. The highest BCUT2D eigenvalue weighted by Crippen LogP contribution is 2.23. The summed E-state index contributed by atoms with van der Waals surface area (Å²) in [5, 5.41) is 0. The minimum absolute atomic E-state index is 0.00150. The van der Waals surface area contributed by atoms with Crippen molar-refractivity contribution in [3.05, 3.63) is 101 Å². The first kappa shape index (κ1) is 19.9. The third-order valence-electron chi connectivity index (χ3n) is 5.71. The van der Waals surface area contributed by atoms with E-state index in [1.807, 2.05) is 71.6 Å². The Morgan fingerprint density at radius 2 is 1.56 bits per heavy atom. The molecule has 0 saturated carbocycles. The van der Waals surface area contributed by atoms with Crippen molar-refractivity contribution in [1.29, 1.82) is 0 Å². The number of anilines is 1. The van der Waals surface area contributed by atoms with E-state index in [2.05, 4.69) is 4.98 Å². The fourth-order valence-electron chi connectivity index (χ4n) is 4.03. The normalized spacial score (nSPS) is 12.9. The van der Waals surface area contributed by atoms with Gasteiger partial charge in [0.05, 0.1) is 12.2 Å². The molecular weight excluding hydrogens is 400 g/mol. The van der Waals surface area contributed by atoms with Gasteiger partial charge in [0, 0.05) is 42.7 Å². The number of fused-ring (bicyclic) bond motifs is 1. The Morgan fingerprint density at radius 3 is 2.31 bits per heavy atom. The van der Waals surface area contributed by atoms with Crippen LogP contribution < -0.4 is 10.5 Å². The molecule has 0 atom stereocenters. The van der Waals surface area contributed by atoms with E-state index in [9.17, 15) is 9.59 Å². The van der Waals surface area contributed by atoms with Crippen LogP contribution in [0.2, 0.25) is 0 Å². The second-order valence-corrected chi connectivity index (χ2v) is 7.81. The lowest BCUT2D eigenvalue weighted by Gasteiger charge is -2.30. The molecule has 0 bridgehead atoms. The van der Waals surface area contributed by atoms with Gasteiger partial charge in [0.1, 0.15) is 0 Å². The molecule has 2 aromatic heterocycles. The average molecular weight is 422 g/mol. The maximum atomic E-state index is 13.0. The molecule has 32 heavy (non-hydrogen) atoms. The van der Waals surface area contributed by atoms with Crippen molar-refractivity contribution in [3.63, 3.8) is 0 Å². The number of benzene rings is 2. The predicted molar refractivity (Wildman–Crippen MR) is 125 cm³/mol.